The average molecular weight is 331 g/mol. The van der Waals surface area contributed by atoms with Crippen LogP contribution in [-0.4, -0.2) is 43.3 Å². The molecule has 1 fully saturated rings. The summed E-state index contributed by atoms with van der Waals surface area (Å²) in [6.45, 7) is 2.04. The fourth-order valence-electron chi connectivity index (χ4n) is 2.98. The molecule has 1 saturated carbocycles. The first kappa shape index (κ1) is 17.0. The molecule has 0 bridgehead atoms. The van der Waals surface area contributed by atoms with Gasteiger partial charge in [-0.2, -0.15) is 0 Å². The second-order valence-corrected chi connectivity index (χ2v) is 6.81. The molecule has 1 aromatic rings. The minimum Gasteiger partial charge on any atom is -0.393 e. The lowest BCUT2D eigenvalue weighted by Gasteiger charge is -2.34. The van der Waals surface area contributed by atoms with Crippen molar-refractivity contribution in [3.63, 3.8) is 0 Å². The van der Waals surface area contributed by atoms with E-state index in [0.717, 1.165) is 37.9 Å². The summed E-state index contributed by atoms with van der Waals surface area (Å²) < 4.78 is 0. The molecule has 2 rings (SSSR count). The Morgan fingerprint density at radius 3 is 2.71 bits per heavy atom. The number of halogens is 2. The highest BCUT2D eigenvalue weighted by Crippen LogP contribution is 2.32. The molecule has 0 saturated heterocycles. The van der Waals surface area contributed by atoms with Crippen molar-refractivity contribution in [2.75, 3.05) is 27.2 Å². The van der Waals surface area contributed by atoms with E-state index in [-0.39, 0.29) is 12.1 Å². The van der Waals surface area contributed by atoms with Crippen LogP contribution in [0, 0.1) is 5.92 Å². The first-order valence-corrected chi connectivity index (χ1v) is 8.24. The van der Waals surface area contributed by atoms with Crippen molar-refractivity contribution in [2.45, 2.75) is 31.4 Å². The summed E-state index contributed by atoms with van der Waals surface area (Å²) in [7, 11) is 4.08. The molecule has 2 N–H and O–H groups in total. The van der Waals surface area contributed by atoms with Gasteiger partial charge >= 0.3 is 0 Å². The van der Waals surface area contributed by atoms with E-state index in [0.29, 0.717) is 16.0 Å². The van der Waals surface area contributed by atoms with Gasteiger partial charge in [-0.25, -0.2) is 0 Å². The van der Waals surface area contributed by atoms with Gasteiger partial charge in [-0.15, -0.1) is 0 Å². The van der Waals surface area contributed by atoms with Gasteiger partial charge in [0.1, 0.15) is 0 Å². The second kappa shape index (κ2) is 7.80. The lowest BCUT2D eigenvalue weighted by molar-refractivity contribution is 0.0279. The van der Waals surface area contributed by atoms with Crippen LogP contribution in [0.15, 0.2) is 18.2 Å². The van der Waals surface area contributed by atoms with Crippen LogP contribution in [0.3, 0.4) is 0 Å². The van der Waals surface area contributed by atoms with Gasteiger partial charge in [-0.1, -0.05) is 35.3 Å². The molecule has 1 atom stereocenters. The second-order valence-electron chi connectivity index (χ2n) is 6.03. The monoisotopic (exact) mass is 330 g/mol. The summed E-state index contributed by atoms with van der Waals surface area (Å²) >= 11 is 12.4. The molecule has 21 heavy (non-hydrogen) atoms. The summed E-state index contributed by atoms with van der Waals surface area (Å²) in [6, 6.07) is 5.98. The number of nitrogens with one attached hydrogen (secondary N) is 1. The zero-order valence-electron chi connectivity index (χ0n) is 12.6. The molecule has 3 nitrogen and oxygen atoms in total. The maximum Gasteiger partial charge on any atom is 0.0640 e. The lowest BCUT2D eigenvalue weighted by atomic mass is 9.82. The zero-order valence-corrected chi connectivity index (χ0v) is 14.2. The molecule has 1 aliphatic carbocycles. The molecule has 0 radical (unpaired) electrons. The highest BCUT2D eigenvalue weighted by atomic mass is 35.5. The van der Waals surface area contributed by atoms with E-state index in [4.69, 9.17) is 23.2 Å². The summed E-state index contributed by atoms with van der Waals surface area (Å²) in [5, 5.41) is 13.9. The van der Waals surface area contributed by atoms with Crippen molar-refractivity contribution in [1.82, 2.24) is 10.2 Å². The molecule has 0 spiro atoms. The average Bonchev–Trinajstić information content (AvgIpc) is 2.42. The number of hydrogen-bond acceptors (Lipinski definition) is 3. The Labute approximate surface area is 137 Å². The van der Waals surface area contributed by atoms with E-state index in [9.17, 15) is 5.11 Å². The van der Waals surface area contributed by atoms with Crippen molar-refractivity contribution >= 4 is 23.2 Å². The molecule has 1 unspecified atom stereocenters. The van der Waals surface area contributed by atoms with Crippen LogP contribution >= 0.6 is 23.2 Å². The fraction of sp³-hybridized carbons (Fsp3) is 0.625. The van der Waals surface area contributed by atoms with E-state index in [1.54, 1.807) is 0 Å². The smallest absolute Gasteiger partial charge is 0.0640 e. The van der Waals surface area contributed by atoms with Crippen LogP contribution < -0.4 is 5.32 Å². The Balaban J connectivity index is 1.86. The normalized spacial score (nSPS) is 23.1. The summed E-state index contributed by atoms with van der Waals surface area (Å²) in [4.78, 5) is 2.33. The van der Waals surface area contributed by atoms with Crippen LogP contribution in [0.2, 0.25) is 10.0 Å². The van der Waals surface area contributed by atoms with Crippen LogP contribution in [0.25, 0.3) is 0 Å². The standard InChI is InChI=1S/C16H24Cl2N2O/c1-19-15(13-4-3-5-14(17)16(13)18)6-7-20(2)10-11-8-12(21)9-11/h3-5,11-12,15,19,21H,6-10H2,1-2H3. The third-order valence-corrected chi connectivity index (χ3v) is 5.12. The third kappa shape index (κ3) is 4.57. The predicted molar refractivity (Wildman–Crippen MR) is 89.1 cm³/mol. The number of rotatable bonds is 7. The Kier molecular flexibility index (Phi) is 6.33. The molecular weight excluding hydrogens is 307 g/mol. The molecule has 5 heteroatoms. The van der Waals surface area contributed by atoms with E-state index in [2.05, 4.69) is 17.3 Å². The molecule has 0 aromatic heterocycles. The Morgan fingerprint density at radius 2 is 2.10 bits per heavy atom. The Morgan fingerprint density at radius 1 is 1.38 bits per heavy atom. The molecule has 0 heterocycles. The highest BCUT2D eigenvalue weighted by molar-refractivity contribution is 6.42. The van der Waals surface area contributed by atoms with Crippen molar-refractivity contribution in [1.29, 1.82) is 0 Å². The van der Waals surface area contributed by atoms with Gasteiger partial charge in [0.15, 0.2) is 0 Å². The van der Waals surface area contributed by atoms with Crippen molar-refractivity contribution in [3.05, 3.63) is 33.8 Å². The van der Waals surface area contributed by atoms with Crippen LogP contribution in [-0.2, 0) is 0 Å². The minimum absolute atomic E-state index is 0.0706. The van der Waals surface area contributed by atoms with Gasteiger partial charge in [-0.05, 0) is 57.5 Å². The minimum atomic E-state index is -0.0706. The zero-order chi connectivity index (χ0) is 15.4. The molecule has 0 amide bonds. The molecule has 118 valence electrons. The van der Waals surface area contributed by atoms with Crippen molar-refractivity contribution in [3.8, 4) is 0 Å². The summed E-state index contributed by atoms with van der Waals surface area (Å²) in [6.07, 6.45) is 2.79. The van der Waals surface area contributed by atoms with Crippen molar-refractivity contribution in [2.24, 2.45) is 5.92 Å². The first-order chi connectivity index (χ1) is 10.0. The molecule has 0 aliphatic heterocycles. The van der Waals surface area contributed by atoms with Gasteiger partial charge in [0.2, 0.25) is 0 Å². The molecule has 1 aliphatic rings. The Bertz CT molecular complexity index is 464. The number of aliphatic hydroxyl groups excluding tert-OH is 1. The molecular formula is C16H24Cl2N2O. The van der Waals surface area contributed by atoms with E-state index < -0.39 is 0 Å². The number of aliphatic hydroxyl groups is 1. The van der Waals surface area contributed by atoms with E-state index >= 15 is 0 Å². The van der Waals surface area contributed by atoms with Crippen LogP contribution in [0.4, 0.5) is 0 Å². The fourth-order valence-corrected chi connectivity index (χ4v) is 3.42. The van der Waals surface area contributed by atoms with Crippen LogP contribution in [0.5, 0.6) is 0 Å². The maximum absolute atomic E-state index is 9.34. The molecule has 1 aromatic carbocycles. The summed E-state index contributed by atoms with van der Waals surface area (Å²) in [5.74, 6) is 0.646. The van der Waals surface area contributed by atoms with Crippen LogP contribution in [0.1, 0.15) is 30.9 Å². The van der Waals surface area contributed by atoms with Gasteiger partial charge in [-0.3, -0.25) is 0 Å². The summed E-state index contributed by atoms with van der Waals surface area (Å²) in [5.41, 5.74) is 1.05. The maximum atomic E-state index is 9.34. The third-order valence-electron chi connectivity index (χ3n) is 4.29. The number of hydrogen-bond donors (Lipinski definition) is 2. The Hall–Kier alpha value is -0.320. The quantitative estimate of drug-likeness (QED) is 0.804. The first-order valence-electron chi connectivity index (χ1n) is 7.49. The lowest BCUT2D eigenvalue weighted by Crippen LogP contribution is -2.38. The van der Waals surface area contributed by atoms with Gasteiger partial charge in [0.05, 0.1) is 16.1 Å². The van der Waals surface area contributed by atoms with Gasteiger partial charge in [0.25, 0.3) is 0 Å². The SMILES string of the molecule is CNC(CCN(C)CC1CC(O)C1)c1cccc(Cl)c1Cl. The highest BCUT2D eigenvalue weighted by Gasteiger charge is 2.28. The van der Waals surface area contributed by atoms with E-state index in [1.165, 1.54) is 0 Å². The largest absolute Gasteiger partial charge is 0.393 e. The van der Waals surface area contributed by atoms with Crippen molar-refractivity contribution < 1.29 is 5.11 Å². The predicted octanol–water partition coefficient (Wildman–Crippen LogP) is 3.35. The van der Waals surface area contributed by atoms with E-state index in [1.807, 2.05) is 25.2 Å². The number of nitrogens with zero attached hydrogens (tertiary/aromatic N) is 1. The number of benzene rings is 1. The topological polar surface area (TPSA) is 35.5 Å². The van der Waals surface area contributed by atoms with Gasteiger partial charge < -0.3 is 15.3 Å². The van der Waals surface area contributed by atoms with Gasteiger partial charge in [0, 0.05) is 12.6 Å².